The van der Waals surface area contributed by atoms with Gasteiger partial charge in [0, 0.05) is 48.6 Å². The second-order valence-electron chi connectivity index (χ2n) is 7.14. The van der Waals surface area contributed by atoms with E-state index in [4.69, 9.17) is 11.6 Å². The average Bonchev–Trinajstić information content (AvgIpc) is 3.44. The Labute approximate surface area is 164 Å². The van der Waals surface area contributed by atoms with E-state index >= 15 is 0 Å². The molecule has 3 atom stereocenters. The quantitative estimate of drug-likeness (QED) is 0.560. The molecule has 0 spiro atoms. The van der Waals surface area contributed by atoms with Gasteiger partial charge in [0.05, 0.1) is 0 Å². The molecule has 1 saturated carbocycles. The zero-order valence-electron chi connectivity index (χ0n) is 15.2. The van der Waals surface area contributed by atoms with Crippen LogP contribution < -0.4 is 16.0 Å². The van der Waals surface area contributed by atoms with Crippen molar-refractivity contribution < 1.29 is 4.79 Å². The number of rotatable bonds is 4. The van der Waals surface area contributed by atoms with Crippen molar-refractivity contribution in [3.63, 3.8) is 0 Å². The molecule has 2 aromatic carbocycles. The van der Waals surface area contributed by atoms with Crippen molar-refractivity contribution >= 4 is 29.2 Å². The maximum Gasteiger partial charge on any atom is 0.225 e. The van der Waals surface area contributed by atoms with Crippen molar-refractivity contribution in [2.75, 3.05) is 18.9 Å². The van der Waals surface area contributed by atoms with Gasteiger partial charge in [-0.25, -0.2) is 0 Å². The molecule has 27 heavy (non-hydrogen) atoms. The van der Waals surface area contributed by atoms with Crippen molar-refractivity contribution in [1.29, 1.82) is 0 Å². The number of hydrogen-bond acceptors (Lipinski definition) is 2. The van der Waals surface area contributed by atoms with E-state index in [0.717, 1.165) is 23.1 Å². The van der Waals surface area contributed by atoms with Crippen LogP contribution in [0.4, 0.5) is 5.69 Å². The second kappa shape index (κ2) is 7.61. The van der Waals surface area contributed by atoms with Gasteiger partial charge in [-0.2, -0.15) is 0 Å². The number of halogens is 1. The molecule has 0 saturated heterocycles. The first-order valence-electron chi connectivity index (χ1n) is 9.25. The third kappa shape index (κ3) is 4.08. The summed E-state index contributed by atoms with van der Waals surface area (Å²) in [6.45, 7) is 0.665. The molecule has 6 heteroatoms. The van der Waals surface area contributed by atoms with Crippen LogP contribution in [0.2, 0.25) is 5.02 Å². The lowest BCUT2D eigenvalue weighted by Crippen LogP contribution is -2.42. The summed E-state index contributed by atoms with van der Waals surface area (Å²) >= 11 is 6.10. The second-order valence-corrected chi connectivity index (χ2v) is 7.57. The molecule has 1 aliphatic carbocycles. The molecule has 3 unspecified atom stereocenters. The summed E-state index contributed by atoms with van der Waals surface area (Å²) in [4.78, 5) is 16.3. The van der Waals surface area contributed by atoms with Gasteiger partial charge < -0.3 is 16.0 Å². The molecule has 0 radical (unpaired) electrons. The summed E-state index contributed by atoms with van der Waals surface area (Å²) < 4.78 is 0. The first kappa shape index (κ1) is 17.9. The van der Waals surface area contributed by atoms with Crippen LogP contribution in [0.25, 0.3) is 0 Å². The van der Waals surface area contributed by atoms with Crippen molar-refractivity contribution in [3.05, 3.63) is 64.7 Å². The fourth-order valence-electron chi connectivity index (χ4n) is 3.73. The first-order chi connectivity index (χ1) is 13.1. The number of benzene rings is 2. The standard InChI is InChI=1S/C21H23ClN4O/c1-23-21(26-19-11-17(19)13-5-4-6-15(22)9-13)24-12-14-10-20(27)25-18-8-3-2-7-16(14)18/h2-9,14,17,19H,10-12H2,1H3,(H,25,27)(H2,23,24,26). The summed E-state index contributed by atoms with van der Waals surface area (Å²) in [6, 6.07) is 16.4. The number of carbonyl (C=O) groups excluding carboxylic acids is 1. The van der Waals surface area contributed by atoms with Crippen LogP contribution in [0.1, 0.15) is 35.8 Å². The molecule has 4 rings (SSSR count). The fourth-order valence-corrected chi connectivity index (χ4v) is 3.93. The van der Waals surface area contributed by atoms with E-state index in [1.165, 1.54) is 11.1 Å². The summed E-state index contributed by atoms with van der Waals surface area (Å²) in [5, 5.41) is 10.6. The van der Waals surface area contributed by atoms with Gasteiger partial charge in [-0.3, -0.25) is 9.79 Å². The zero-order chi connectivity index (χ0) is 18.8. The molecule has 1 amide bonds. The van der Waals surface area contributed by atoms with Crippen LogP contribution >= 0.6 is 11.6 Å². The highest BCUT2D eigenvalue weighted by molar-refractivity contribution is 6.30. The van der Waals surface area contributed by atoms with Crippen molar-refractivity contribution in [1.82, 2.24) is 10.6 Å². The Balaban J connectivity index is 1.35. The van der Waals surface area contributed by atoms with Crippen LogP contribution in [0, 0.1) is 0 Å². The Kier molecular flexibility index (Phi) is 5.03. The molecule has 0 aromatic heterocycles. The van der Waals surface area contributed by atoms with Gasteiger partial charge in [0.25, 0.3) is 0 Å². The Hall–Kier alpha value is -2.53. The largest absolute Gasteiger partial charge is 0.356 e. The highest BCUT2D eigenvalue weighted by Gasteiger charge is 2.39. The van der Waals surface area contributed by atoms with Crippen molar-refractivity contribution in [2.24, 2.45) is 4.99 Å². The van der Waals surface area contributed by atoms with Crippen molar-refractivity contribution in [3.8, 4) is 0 Å². The maximum atomic E-state index is 12.0. The third-order valence-corrected chi connectivity index (χ3v) is 5.47. The maximum absolute atomic E-state index is 12.0. The van der Waals surface area contributed by atoms with Crippen LogP contribution in [-0.4, -0.2) is 31.5 Å². The van der Waals surface area contributed by atoms with Gasteiger partial charge in [0.2, 0.25) is 5.91 Å². The van der Waals surface area contributed by atoms with Gasteiger partial charge in [-0.05, 0) is 35.7 Å². The number of fused-ring (bicyclic) bond motifs is 1. The Morgan fingerprint density at radius 2 is 2.11 bits per heavy atom. The summed E-state index contributed by atoms with van der Waals surface area (Å²) in [5.41, 5.74) is 3.34. The lowest BCUT2D eigenvalue weighted by atomic mass is 9.90. The number of guanidine groups is 1. The third-order valence-electron chi connectivity index (χ3n) is 5.24. The number of hydrogen-bond donors (Lipinski definition) is 3. The fraction of sp³-hybridized carbons (Fsp3) is 0.333. The lowest BCUT2D eigenvalue weighted by Gasteiger charge is -2.26. The van der Waals surface area contributed by atoms with E-state index in [-0.39, 0.29) is 11.8 Å². The van der Waals surface area contributed by atoms with Gasteiger partial charge in [0.1, 0.15) is 0 Å². The van der Waals surface area contributed by atoms with E-state index in [2.05, 4.69) is 33.1 Å². The number of aliphatic imine (C=N–C) groups is 1. The van der Waals surface area contributed by atoms with E-state index in [1.54, 1.807) is 7.05 Å². The predicted molar refractivity (Wildman–Crippen MR) is 110 cm³/mol. The van der Waals surface area contributed by atoms with Crippen molar-refractivity contribution in [2.45, 2.75) is 30.7 Å². The molecule has 2 aromatic rings. The molecule has 1 aliphatic heterocycles. The number of para-hydroxylation sites is 1. The van der Waals surface area contributed by atoms with E-state index in [0.29, 0.717) is 24.9 Å². The Morgan fingerprint density at radius 1 is 1.26 bits per heavy atom. The molecule has 5 nitrogen and oxygen atoms in total. The normalized spacial score (nSPS) is 24.0. The molecule has 0 bridgehead atoms. The number of carbonyl (C=O) groups is 1. The van der Waals surface area contributed by atoms with E-state index in [9.17, 15) is 4.79 Å². The molecule has 140 valence electrons. The van der Waals surface area contributed by atoms with Gasteiger partial charge in [-0.15, -0.1) is 0 Å². The van der Waals surface area contributed by atoms with Gasteiger partial charge >= 0.3 is 0 Å². The average molecular weight is 383 g/mol. The lowest BCUT2D eigenvalue weighted by molar-refractivity contribution is -0.116. The zero-order valence-corrected chi connectivity index (χ0v) is 16.0. The minimum Gasteiger partial charge on any atom is -0.356 e. The first-order valence-corrected chi connectivity index (χ1v) is 9.63. The Bertz CT molecular complexity index is 882. The van der Waals surface area contributed by atoms with Crippen LogP contribution in [0.5, 0.6) is 0 Å². The molecular formula is C21H23ClN4O. The SMILES string of the molecule is CN=C(NCC1CC(=O)Nc2ccccc21)NC1CC1c1cccc(Cl)c1. The topological polar surface area (TPSA) is 65.5 Å². The number of nitrogens with one attached hydrogen (secondary N) is 3. The molecule has 2 aliphatic rings. The summed E-state index contributed by atoms with van der Waals surface area (Å²) in [6.07, 6.45) is 1.55. The van der Waals surface area contributed by atoms with Crippen LogP contribution in [-0.2, 0) is 4.79 Å². The van der Waals surface area contributed by atoms with E-state index < -0.39 is 0 Å². The van der Waals surface area contributed by atoms with Gasteiger partial charge in [0.15, 0.2) is 5.96 Å². The number of nitrogens with zero attached hydrogens (tertiary/aromatic N) is 1. The summed E-state index contributed by atoms with van der Waals surface area (Å²) in [5.74, 6) is 1.43. The molecule has 1 fully saturated rings. The minimum atomic E-state index is 0.0617. The summed E-state index contributed by atoms with van der Waals surface area (Å²) in [7, 11) is 1.77. The minimum absolute atomic E-state index is 0.0617. The number of anilines is 1. The molecule has 1 heterocycles. The van der Waals surface area contributed by atoms with Crippen LogP contribution in [0.15, 0.2) is 53.5 Å². The smallest absolute Gasteiger partial charge is 0.225 e. The highest BCUT2D eigenvalue weighted by Crippen LogP contribution is 2.41. The van der Waals surface area contributed by atoms with Crippen LogP contribution in [0.3, 0.4) is 0 Å². The van der Waals surface area contributed by atoms with Gasteiger partial charge in [-0.1, -0.05) is 41.9 Å². The Morgan fingerprint density at radius 3 is 2.93 bits per heavy atom. The monoisotopic (exact) mass is 382 g/mol. The number of amides is 1. The molecule has 3 N–H and O–H groups in total. The van der Waals surface area contributed by atoms with E-state index in [1.807, 2.05) is 36.4 Å². The highest BCUT2D eigenvalue weighted by atomic mass is 35.5. The molecular weight excluding hydrogens is 360 g/mol. The predicted octanol–water partition coefficient (Wildman–Crippen LogP) is 3.49.